The van der Waals surface area contributed by atoms with Crippen LogP contribution in [0.3, 0.4) is 0 Å². The second-order valence-corrected chi connectivity index (χ2v) is 11.6. The third-order valence-corrected chi connectivity index (χ3v) is 8.97. The zero-order chi connectivity index (χ0) is 29.7. The third-order valence-electron chi connectivity index (χ3n) is 8.97. The van der Waals surface area contributed by atoms with Crippen molar-refractivity contribution in [2.24, 2.45) is 0 Å². The first-order valence-electron chi connectivity index (χ1n) is 15.4. The first-order valence-corrected chi connectivity index (χ1v) is 15.4. The first-order chi connectivity index (χ1) is 22.3. The zero-order valence-corrected chi connectivity index (χ0v) is 24.6. The molecular formula is C43H28N2. The molecule has 0 aliphatic heterocycles. The molecule has 210 valence electrons. The highest BCUT2D eigenvalue weighted by atomic mass is 15.1. The highest BCUT2D eigenvalue weighted by Gasteiger charge is 2.15. The fraction of sp³-hybridized carbons (Fsp3) is 0. The number of rotatable bonds is 4. The van der Waals surface area contributed by atoms with E-state index in [1.807, 2.05) is 0 Å². The summed E-state index contributed by atoms with van der Waals surface area (Å²) >= 11 is 0. The first kappa shape index (κ1) is 25.5. The topological polar surface area (TPSA) is 17.8 Å². The molecule has 0 fully saturated rings. The summed E-state index contributed by atoms with van der Waals surface area (Å²) in [6.45, 7) is 0. The van der Waals surface area contributed by atoms with Crippen molar-refractivity contribution in [3.8, 4) is 39.3 Å². The molecule has 8 aromatic carbocycles. The van der Waals surface area contributed by atoms with Crippen molar-refractivity contribution < 1.29 is 0 Å². The summed E-state index contributed by atoms with van der Waals surface area (Å²) in [5, 5.41) is 7.76. The van der Waals surface area contributed by atoms with Gasteiger partial charge in [-0.25, -0.2) is 4.98 Å². The van der Waals surface area contributed by atoms with Gasteiger partial charge in [0.1, 0.15) is 5.82 Å². The second-order valence-electron chi connectivity index (χ2n) is 11.6. The summed E-state index contributed by atoms with van der Waals surface area (Å²) in [6, 6.07) is 60.9. The maximum Gasteiger partial charge on any atom is 0.145 e. The molecule has 9 rings (SSSR count). The zero-order valence-electron chi connectivity index (χ0n) is 24.6. The Hall–Kier alpha value is -5.99. The average Bonchev–Trinajstić information content (AvgIpc) is 3.52. The third kappa shape index (κ3) is 4.22. The molecule has 1 heterocycles. The maximum absolute atomic E-state index is 5.10. The normalized spacial score (nSPS) is 11.6. The largest absolute Gasteiger partial charge is 0.292 e. The molecule has 0 spiro atoms. The van der Waals surface area contributed by atoms with Crippen LogP contribution in [0.25, 0.3) is 82.7 Å². The van der Waals surface area contributed by atoms with Gasteiger partial charge in [-0.05, 0) is 97.0 Å². The highest BCUT2D eigenvalue weighted by molar-refractivity contribution is 6.25. The summed E-state index contributed by atoms with van der Waals surface area (Å²) in [7, 11) is 0. The molecule has 0 bridgehead atoms. The van der Waals surface area contributed by atoms with Crippen molar-refractivity contribution in [3.05, 3.63) is 170 Å². The lowest BCUT2D eigenvalue weighted by molar-refractivity contribution is 1.10. The molecule has 0 saturated carbocycles. The van der Waals surface area contributed by atoms with Gasteiger partial charge >= 0.3 is 0 Å². The molecule has 2 heteroatoms. The molecule has 0 aliphatic carbocycles. The number of para-hydroxylation sites is 3. The number of hydrogen-bond acceptors (Lipinski definition) is 1. The predicted octanol–water partition coefficient (Wildman–Crippen LogP) is 11.5. The van der Waals surface area contributed by atoms with Gasteiger partial charge in [-0.1, -0.05) is 127 Å². The van der Waals surface area contributed by atoms with Crippen LogP contribution in [0, 0.1) is 0 Å². The van der Waals surface area contributed by atoms with Crippen molar-refractivity contribution in [2.75, 3.05) is 0 Å². The van der Waals surface area contributed by atoms with Crippen LogP contribution in [0.4, 0.5) is 0 Å². The quantitative estimate of drug-likeness (QED) is 0.192. The Balaban J connectivity index is 1.17. The Bertz CT molecular complexity index is 2500. The Labute approximate surface area is 261 Å². The van der Waals surface area contributed by atoms with Crippen molar-refractivity contribution in [1.82, 2.24) is 9.55 Å². The fourth-order valence-corrected chi connectivity index (χ4v) is 6.86. The lowest BCUT2D eigenvalue weighted by atomic mass is 9.91. The predicted molar refractivity (Wildman–Crippen MR) is 190 cm³/mol. The molecule has 2 nitrogen and oxygen atoms in total. The van der Waals surface area contributed by atoms with Gasteiger partial charge in [0.05, 0.1) is 11.0 Å². The van der Waals surface area contributed by atoms with Crippen LogP contribution in [0.2, 0.25) is 0 Å². The van der Waals surface area contributed by atoms with Crippen LogP contribution in [0.15, 0.2) is 170 Å². The molecule has 0 N–H and O–H groups in total. The Morgan fingerprint density at radius 3 is 1.49 bits per heavy atom. The molecule has 1 aromatic heterocycles. The molecule has 0 atom stereocenters. The molecule has 0 unspecified atom stereocenters. The fourth-order valence-electron chi connectivity index (χ4n) is 6.86. The van der Waals surface area contributed by atoms with Crippen LogP contribution in [0.5, 0.6) is 0 Å². The van der Waals surface area contributed by atoms with Crippen LogP contribution >= 0.6 is 0 Å². The van der Waals surface area contributed by atoms with Gasteiger partial charge in [-0.3, -0.25) is 4.57 Å². The van der Waals surface area contributed by atoms with Crippen molar-refractivity contribution in [1.29, 1.82) is 0 Å². The van der Waals surface area contributed by atoms with Gasteiger partial charge in [-0.2, -0.15) is 0 Å². The number of imidazole rings is 1. The minimum atomic E-state index is 0.939. The van der Waals surface area contributed by atoms with Gasteiger partial charge in [-0.15, -0.1) is 0 Å². The number of aromatic nitrogens is 2. The summed E-state index contributed by atoms with van der Waals surface area (Å²) < 4.78 is 2.26. The van der Waals surface area contributed by atoms with E-state index in [9.17, 15) is 0 Å². The van der Waals surface area contributed by atoms with Crippen LogP contribution < -0.4 is 0 Å². The maximum atomic E-state index is 5.10. The highest BCUT2D eigenvalue weighted by Crippen LogP contribution is 2.38. The average molecular weight is 573 g/mol. The van der Waals surface area contributed by atoms with Gasteiger partial charge in [0.15, 0.2) is 0 Å². The lowest BCUT2D eigenvalue weighted by Crippen LogP contribution is -1.97. The number of nitrogens with zero attached hydrogens (tertiary/aromatic N) is 2. The smallest absolute Gasteiger partial charge is 0.145 e. The summed E-state index contributed by atoms with van der Waals surface area (Å²) in [5.74, 6) is 0.939. The van der Waals surface area contributed by atoms with E-state index in [0.29, 0.717) is 0 Å². The number of fused-ring (bicyclic) bond motifs is 7. The van der Waals surface area contributed by atoms with E-state index >= 15 is 0 Å². The Morgan fingerprint density at radius 2 is 0.822 bits per heavy atom. The standard InChI is InChI=1S/C43H28N2/c1-2-16-34(17-3-1)45-42-23-9-8-22-41(42)44-43(45)33-15-11-14-31(27-33)29-12-10-13-30(26-29)32-24-25-39-37-20-5-4-18-35(37)36-19-6-7-21-38(36)40(39)28-32/h1-28H. The van der Waals surface area contributed by atoms with E-state index in [-0.39, 0.29) is 0 Å². The minimum absolute atomic E-state index is 0.939. The molecule has 0 saturated heterocycles. The molecule has 45 heavy (non-hydrogen) atoms. The summed E-state index contributed by atoms with van der Waals surface area (Å²) in [6.07, 6.45) is 0. The van der Waals surface area contributed by atoms with E-state index < -0.39 is 0 Å². The Kier molecular flexibility index (Phi) is 5.85. The lowest BCUT2D eigenvalue weighted by Gasteiger charge is -2.13. The number of hydrogen-bond donors (Lipinski definition) is 0. The molecule has 9 aromatic rings. The summed E-state index contributed by atoms with van der Waals surface area (Å²) in [4.78, 5) is 5.10. The van der Waals surface area contributed by atoms with E-state index in [0.717, 1.165) is 28.1 Å². The SMILES string of the molecule is c1ccc(-n2c(-c3cccc(-c4cccc(-c5ccc6c7ccccc7c7ccccc7c6c5)c4)c3)nc3ccccc32)cc1. The van der Waals surface area contributed by atoms with Gasteiger partial charge in [0.25, 0.3) is 0 Å². The van der Waals surface area contributed by atoms with Crippen LogP contribution in [-0.2, 0) is 0 Å². The Morgan fingerprint density at radius 1 is 0.333 bits per heavy atom. The van der Waals surface area contributed by atoms with Crippen LogP contribution in [-0.4, -0.2) is 9.55 Å². The molecule has 0 radical (unpaired) electrons. The second kappa shape index (κ2) is 10.3. The van der Waals surface area contributed by atoms with Crippen molar-refractivity contribution in [3.63, 3.8) is 0 Å². The van der Waals surface area contributed by atoms with E-state index in [1.165, 1.54) is 54.6 Å². The van der Waals surface area contributed by atoms with Gasteiger partial charge < -0.3 is 0 Å². The molecule has 0 amide bonds. The summed E-state index contributed by atoms with van der Waals surface area (Å²) in [5.41, 5.74) is 9.04. The molecular weight excluding hydrogens is 544 g/mol. The van der Waals surface area contributed by atoms with E-state index in [4.69, 9.17) is 4.98 Å². The van der Waals surface area contributed by atoms with E-state index in [2.05, 4.69) is 174 Å². The number of benzene rings is 8. The van der Waals surface area contributed by atoms with Gasteiger partial charge in [0.2, 0.25) is 0 Å². The van der Waals surface area contributed by atoms with E-state index in [1.54, 1.807) is 0 Å². The monoisotopic (exact) mass is 572 g/mol. The minimum Gasteiger partial charge on any atom is -0.292 e. The van der Waals surface area contributed by atoms with Crippen molar-refractivity contribution >= 4 is 43.4 Å². The van der Waals surface area contributed by atoms with Crippen molar-refractivity contribution in [2.45, 2.75) is 0 Å². The van der Waals surface area contributed by atoms with Gasteiger partial charge in [0, 0.05) is 11.3 Å². The molecule has 0 aliphatic rings. The van der Waals surface area contributed by atoms with Crippen LogP contribution in [0.1, 0.15) is 0 Å².